The van der Waals surface area contributed by atoms with Gasteiger partial charge < -0.3 is 19.4 Å². The normalized spacial score (nSPS) is 12.5. The van der Waals surface area contributed by atoms with Crippen LogP contribution in [-0.2, 0) is 11.3 Å². The van der Waals surface area contributed by atoms with E-state index in [1.165, 1.54) is 23.9 Å². The first kappa shape index (κ1) is 13.6. The van der Waals surface area contributed by atoms with Gasteiger partial charge in [0, 0.05) is 12.0 Å². The SMILES string of the molecule is CCOC(C)c1nc(Cn2cnc([N+](=O)[O-])c2)cs1. The number of hydrogen-bond donors (Lipinski definition) is 0. The van der Waals surface area contributed by atoms with Crippen molar-refractivity contribution in [3.05, 3.63) is 38.7 Å². The van der Waals surface area contributed by atoms with Crippen LogP contribution >= 0.6 is 11.3 Å². The molecule has 0 N–H and O–H groups in total. The van der Waals surface area contributed by atoms with Gasteiger partial charge in [0.25, 0.3) is 0 Å². The summed E-state index contributed by atoms with van der Waals surface area (Å²) < 4.78 is 7.11. The summed E-state index contributed by atoms with van der Waals surface area (Å²) in [7, 11) is 0. The quantitative estimate of drug-likeness (QED) is 0.600. The predicted molar refractivity (Wildman–Crippen MR) is 70.1 cm³/mol. The summed E-state index contributed by atoms with van der Waals surface area (Å²) in [6.45, 7) is 5.00. The lowest BCUT2D eigenvalue weighted by atomic mass is 10.4. The Bertz CT molecular complexity index is 566. The van der Waals surface area contributed by atoms with Crippen LogP contribution in [-0.4, -0.2) is 26.1 Å². The molecule has 0 saturated heterocycles. The summed E-state index contributed by atoms with van der Waals surface area (Å²) in [5.41, 5.74) is 0.846. The average Bonchev–Trinajstić information content (AvgIpc) is 2.99. The van der Waals surface area contributed by atoms with Crippen molar-refractivity contribution in [3.63, 3.8) is 0 Å². The van der Waals surface area contributed by atoms with Gasteiger partial charge in [-0.25, -0.2) is 4.98 Å². The molecule has 2 aromatic rings. The van der Waals surface area contributed by atoms with Gasteiger partial charge in [0.1, 0.15) is 17.3 Å². The minimum atomic E-state index is -0.514. The van der Waals surface area contributed by atoms with Crippen molar-refractivity contribution in [2.45, 2.75) is 26.5 Å². The zero-order valence-corrected chi connectivity index (χ0v) is 11.5. The van der Waals surface area contributed by atoms with Crippen LogP contribution < -0.4 is 0 Å². The van der Waals surface area contributed by atoms with E-state index in [1.54, 1.807) is 4.57 Å². The second kappa shape index (κ2) is 5.89. The molecular formula is C11H14N4O3S. The molecule has 102 valence electrons. The molecule has 0 aliphatic heterocycles. The number of nitrogens with zero attached hydrogens (tertiary/aromatic N) is 4. The van der Waals surface area contributed by atoms with E-state index in [9.17, 15) is 10.1 Å². The highest BCUT2D eigenvalue weighted by molar-refractivity contribution is 7.09. The molecule has 1 unspecified atom stereocenters. The van der Waals surface area contributed by atoms with Crippen LogP contribution in [0.2, 0.25) is 0 Å². The van der Waals surface area contributed by atoms with Crippen LogP contribution in [0.1, 0.15) is 30.7 Å². The summed E-state index contributed by atoms with van der Waals surface area (Å²) in [5.74, 6) is -0.155. The molecule has 0 fully saturated rings. The molecule has 2 aromatic heterocycles. The Hall–Kier alpha value is -1.80. The second-order valence-electron chi connectivity index (χ2n) is 3.94. The number of hydrogen-bond acceptors (Lipinski definition) is 6. The number of rotatable bonds is 6. The molecule has 0 amide bonds. The molecule has 0 spiro atoms. The van der Waals surface area contributed by atoms with Crippen molar-refractivity contribution >= 4 is 17.2 Å². The Morgan fingerprint density at radius 3 is 3.05 bits per heavy atom. The third-order valence-corrected chi connectivity index (χ3v) is 3.54. The van der Waals surface area contributed by atoms with Gasteiger partial charge in [0.2, 0.25) is 6.33 Å². The van der Waals surface area contributed by atoms with Crippen molar-refractivity contribution in [2.24, 2.45) is 0 Å². The summed E-state index contributed by atoms with van der Waals surface area (Å²) in [4.78, 5) is 18.2. The van der Waals surface area contributed by atoms with Gasteiger partial charge in [0.15, 0.2) is 0 Å². The van der Waals surface area contributed by atoms with Crippen LogP contribution in [0.15, 0.2) is 17.9 Å². The standard InChI is InChI=1S/C11H14N4O3S/c1-3-18-8(2)11-13-9(6-19-11)4-14-5-10(12-7-14)15(16)17/h5-8H,3-4H2,1-2H3. The van der Waals surface area contributed by atoms with Crippen LogP contribution in [0.4, 0.5) is 5.82 Å². The van der Waals surface area contributed by atoms with Crippen molar-refractivity contribution in [1.82, 2.24) is 14.5 Å². The molecule has 0 aromatic carbocycles. The first-order valence-electron chi connectivity index (χ1n) is 5.82. The fraction of sp³-hybridized carbons (Fsp3) is 0.455. The third-order valence-electron chi connectivity index (χ3n) is 2.49. The van der Waals surface area contributed by atoms with Crippen molar-refractivity contribution in [3.8, 4) is 0 Å². The fourth-order valence-electron chi connectivity index (χ4n) is 1.62. The molecule has 0 aliphatic rings. The molecular weight excluding hydrogens is 268 g/mol. The van der Waals surface area contributed by atoms with Crippen LogP contribution in [0.3, 0.4) is 0 Å². The molecule has 0 bridgehead atoms. The molecule has 19 heavy (non-hydrogen) atoms. The molecule has 0 radical (unpaired) electrons. The summed E-state index contributed by atoms with van der Waals surface area (Å²) >= 11 is 1.53. The minimum Gasteiger partial charge on any atom is -0.372 e. The molecule has 0 saturated carbocycles. The van der Waals surface area contributed by atoms with E-state index in [4.69, 9.17) is 4.74 Å². The van der Waals surface area contributed by atoms with Crippen LogP contribution in [0.25, 0.3) is 0 Å². The van der Waals surface area contributed by atoms with E-state index >= 15 is 0 Å². The molecule has 8 heteroatoms. The fourth-order valence-corrected chi connectivity index (χ4v) is 2.43. The highest BCUT2D eigenvalue weighted by atomic mass is 32.1. The van der Waals surface area contributed by atoms with Gasteiger partial charge in [-0.2, -0.15) is 0 Å². The first-order chi connectivity index (χ1) is 9.10. The summed E-state index contributed by atoms with van der Waals surface area (Å²) in [5, 5.41) is 13.4. The number of ether oxygens (including phenoxy) is 1. The van der Waals surface area contributed by atoms with Gasteiger partial charge in [-0.15, -0.1) is 11.3 Å². The third kappa shape index (κ3) is 3.36. The maximum atomic E-state index is 10.5. The Labute approximate surface area is 114 Å². The zero-order chi connectivity index (χ0) is 13.8. The maximum absolute atomic E-state index is 10.5. The van der Waals surface area contributed by atoms with E-state index in [-0.39, 0.29) is 11.9 Å². The first-order valence-corrected chi connectivity index (χ1v) is 6.70. The molecule has 1 atom stereocenters. The van der Waals surface area contributed by atoms with Gasteiger partial charge in [-0.1, -0.05) is 0 Å². The Kier molecular flexibility index (Phi) is 4.23. The van der Waals surface area contributed by atoms with Gasteiger partial charge in [-0.3, -0.25) is 0 Å². The average molecular weight is 282 g/mol. The van der Waals surface area contributed by atoms with Gasteiger partial charge in [-0.05, 0) is 23.8 Å². The lowest BCUT2D eigenvalue weighted by Gasteiger charge is -2.06. The van der Waals surface area contributed by atoms with Crippen LogP contribution in [0, 0.1) is 10.1 Å². The Morgan fingerprint density at radius 2 is 2.42 bits per heavy atom. The predicted octanol–water partition coefficient (Wildman–Crippen LogP) is 2.39. The Balaban J connectivity index is 2.04. The van der Waals surface area contributed by atoms with Gasteiger partial charge >= 0.3 is 5.82 Å². The lowest BCUT2D eigenvalue weighted by Crippen LogP contribution is -2.01. The smallest absolute Gasteiger partial charge is 0.372 e. The van der Waals surface area contributed by atoms with E-state index < -0.39 is 4.92 Å². The molecule has 2 rings (SSSR count). The summed E-state index contributed by atoms with van der Waals surface area (Å²) in [6.07, 6.45) is 2.80. The van der Waals surface area contributed by atoms with Gasteiger partial charge in [0.05, 0.1) is 12.2 Å². The zero-order valence-electron chi connectivity index (χ0n) is 10.6. The van der Waals surface area contributed by atoms with E-state index in [0.717, 1.165) is 10.7 Å². The van der Waals surface area contributed by atoms with E-state index in [1.807, 2.05) is 19.2 Å². The van der Waals surface area contributed by atoms with Crippen molar-refractivity contribution < 1.29 is 9.66 Å². The number of aromatic nitrogens is 3. The largest absolute Gasteiger partial charge is 0.381 e. The highest BCUT2D eigenvalue weighted by Crippen LogP contribution is 2.21. The van der Waals surface area contributed by atoms with Crippen LogP contribution in [0.5, 0.6) is 0 Å². The number of nitro groups is 1. The number of imidazole rings is 1. The maximum Gasteiger partial charge on any atom is 0.381 e. The summed E-state index contributed by atoms with van der Waals surface area (Å²) in [6, 6.07) is 0. The second-order valence-corrected chi connectivity index (χ2v) is 4.83. The van der Waals surface area contributed by atoms with Crippen molar-refractivity contribution in [2.75, 3.05) is 6.61 Å². The van der Waals surface area contributed by atoms with E-state index in [0.29, 0.717) is 13.2 Å². The lowest BCUT2D eigenvalue weighted by molar-refractivity contribution is -0.389. The van der Waals surface area contributed by atoms with E-state index in [2.05, 4.69) is 9.97 Å². The molecule has 7 nitrogen and oxygen atoms in total. The minimum absolute atomic E-state index is 0.0270. The number of thiazole rings is 1. The topological polar surface area (TPSA) is 83.1 Å². The monoisotopic (exact) mass is 282 g/mol. The Morgan fingerprint density at radius 1 is 1.63 bits per heavy atom. The highest BCUT2D eigenvalue weighted by Gasteiger charge is 2.13. The molecule has 2 heterocycles. The van der Waals surface area contributed by atoms with Crippen molar-refractivity contribution in [1.29, 1.82) is 0 Å². The molecule has 0 aliphatic carbocycles.